The lowest BCUT2D eigenvalue weighted by atomic mass is 10.1. The van der Waals surface area contributed by atoms with Gasteiger partial charge in [0.2, 0.25) is 0 Å². The molecule has 0 radical (unpaired) electrons. The van der Waals surface area contributed by atoms with E-state index in [9.17, 15) is 4.39 Å². The molecule has 2 aromatic carbocycles. The number of nitriles is 1. The van der Waals surface area contributed by atoms with Crippen LogP contribution < -0.4 is 15.4 Å². The molecule has 0 fully saturated rings. The van der Waals surface area contributed by atoms with Gasteiger partial charge in [-0.1, -0.05) is 18.2 Å². The zero-order chi connectivity index (χ0) is 18.1. The van der Waals surface area contributed by atoms with Gasteiger partial charge >= 0.3 is 0 Å². The number of guanidine groups is 1. The Balaban J connectivity index is 0.00000338. The lowest BCUT2D eigenvalue weighted by Gasteiger charge is -2.18. The molecular formula is C19H22FIN4O. The van der Waals surface area contributed by atoms with Gasteiger partial charge in [-0.05, 0) is 36.8 Å². The van der Waals surface area contributed by atoms with Crippen molar-refractivity contribution >= 4 is 29.9 Å². The van der Waals surface area contributed by atoms with Gasteiger partial charge in [0.05, 0.1) is 18.2 Å². The maximum absolute atomic E-state index is 13.2. The van der Waals surface area contributed by atoms with E-state index in [2.05, 4.69) is 21.7 Å². The van der Waals surface area contributed by atoms with E-state index in [0.29, 0.717) is 30.4 Å². The topological polar surface area (TPSA) is 69.4 Å². The highest BCUT2D eigenvalue weighted by molar-refractivity contribution is 14.0. The summed E-state index contributed by atoms with van der Waals surface area (Å²) in [4.78, 5) is 4.16. The van der Waals surface area contributed by atoms with Gasteiger partial charge in [-0.25, -0.2) is 4.39 Å². The molecule has 0 aliphatic heterocycles. The minimum atomic E-state index is -0.322. The minimum Gasteiger partial charge on any atom is -0.489 e. The quantitative estimate of drug-likeness (QED) is 0.387. The number of hydrogen-bond donors (Lipinski definition) is 2. The molecule has 0 spiro atoms. The summed E-state index contributed by atoms with van der Waals surface area (Å²) in [5.74, 6) is 0.812. The Morgan fingerprint density at radius 2 is 1.96 bits per heavy atom. The Kier molecular flexibility index (Phi) is 9.44. The molecule has 0 aliphatic carbocycles. The third-order valence-electron chi connectivity index (χ3n) is 3.46. The van der Waals surface area contributed by atoms with Crippen molar-refractivity contribution in [3.8, 4) is 11.8 Å². The molecule has 0 amide bonds. The fraction of sp³-hybridized carbons (Fsp3) is 0.263. The number of hydrogen-bond acceptors (Lipinski definition) is 3. The molecule has 2 N–H and O–H groups in total. The van der Waals surface area contributed by atoms with Crippen molar-refractivity contribution in [3.63, 3.8) is 0 Å². The molecule has 0 saturated carbocycles. The first-order valence-electron chi connectivity index (χ1n) is 7.96. The van der Waals surface area contributed by atoms with E-state index in [-0.39, 0.29) is 35.9 Å². The van der Waals surface area contributed by atoms with Crippen molar-refractivity contribution in [1.29, 1.82) is 5.26 Å². The molecule has 0 saturated heterocycles. The van der Waals surface area contributed by atoms with Crippen molar-refractivity contribution in [1.82, 2.24) is 10.6 Å². The maximum Gasteiger partial charge on any atom is 0.191 e. The second-order valence-corrected chi connectivity index (χ2v) is 5.50. The van der Waals surface area contributed by atoms with Crippen molar-refractivity contribution in [3.05, 3.63) is 65.5 Å². The van der Waals surface area contributed by atoms with Gasteiger partial charge < -0.3 is 15.4 Å². The van der Waals surface area contributed by atoms with Gasteiger partial charge in [0, 0.05) is 19.7 Å². The van der Waals surface area contributed by atoms with Crippen LogP contribution in [0.3, 0.4) is 0 Å². The lowest BCUT2D eigenvalue weighted by Crippen LogP contribution is -2.41. The summed E-state index contributed by atoms with van der Waals surface area (Å²) in [6.45, 7) is 3.00. The standard InChI is InChI=1S/C19H21FN4O.HI/c1-14(25-18-5-3-4-17(20)10-18)12-23-19(22-2)24-13-16-8-6-15(11-21)7-9-16;/h3-10,14H,12-13H2,1-2H3,(H2,22,23,24);1H. The number of nitrogens with one attached hydrogen (secondary N) is 2. The Hall–Kier alpha value is -2.34. The fourth-order valence-electron chi connectivity index (χ4n) is 2.16. The summed E-state index contributed by atoms with van der Waals surface area (Å²) in [5.41, 5.74) is 1.68. The number of aliphatic imine (C=N–C) groups is 1. The van der Waals surface area contributed by atoms with Crippen LogP contribution in [0.25, 0.3) is 0 Å². The van der Waals surface area contributed by atoms with Crippen LogP contribution in [-0.2, 0) is 6.54 Å². The van der Waals surface area contributed by atoms with E-state index in [1.165, 1.54) is 12.1 Å². The number of halogens is 2. The molecule has 1 atom stereocenters. The van der Waals surface area contributed by atoms with Gasteiger partial charge in [0.25, 0.3) is 0 Å². The van der Waals surface area contributed by atoms with E-state index in [0.717, 1.165) is 5.56 Å². The monoisotopic (exact) mass is 468 g/mol. The fourth-order valence-corrected chi connectivity index (χ4v) is 2.16. The van der Waals surface area contributed by atoms with E-state index >= 15 is 0 Å². The van der Waals surface area contributed by atoms with Crippen LogP contribution >= 0.6 is 24.0 Å². The molecule has 1 unspecified atom stereocenters. The SMILES string of the molecule is CN=C(NCc1ccc(C#N)cc1)NCC(C)Oc1cccc(F)c1.I. The second kappa shape index (κ2) is 11.3. The summed E-state index contributed by atoms with van der Waals surface area (Å²) in [6.07, 6.45) is -0.157. The van der Waals surface area contributed by atoms with Crippen molar-refractivity contribution in [2.75, 3.05) is 13.6 Å². The Bertz CT molecular complexity index is 759. The van der Waals surface area contributed by atoms with Crippen LogP contribution in [0, 0.1) is 17.1 Å². The Morgan fingerprint density at radius 1 is 1.23 bits per heavy atom. The average molecular weight is 468 g/mol. The van der Waals surface area contributed by atoms with Gasteiger partial charge in [-0.2, -0.15) is 5.26 Å². The van der Waals surface area contributed by atoms with E-state index in [4.69, 9.17) is 10.00 Å². The molecule has 138 valence electrons. The number of nitrogens with zero attached hydrogens (tertiary/aromatic N) is 2. The first-order valence-corrected chi connectivity index (χ1v) is 7.96. The van der Waals surface area contributed by atoms with Crippen molar-refractivity contribution in [2.45, 2.75) is 19.6 Å². The molecule has 2 aromatic rings. The molecular weight excluding hydrogens is 446 g/mol. The van der Waals surface area contributed by atoms with Crippen LogP contribution in [0.15, 0.2) is 53.5 Å². The van der Waals surface area contributed by atoms with E-state index in [1.54, 1.807) is 31.3 Å². The normalized spacial score (nSPS) is 11.7. The summed E-state index contributed by atoms with van der Waals surface area (Å²) < 4.78 is 18.8. The highest BCUT2D eigenvalue weighted by atomic mass is 127. The van der Waals surface area contributed by atoms with Gasteiger partial charge in [-0.15, -0.1) is 24.0 Å². The summed E-state index contributed by atoms with van der Waals surface area (Å²) in [5, 5.41) is 15.2. The minimum absolute atomic E-state index is 0. The Labute approximate surface area is 170 Å². The third-order valence-corrected chi connectivity index (χ3v) is 3.46. The summed E-state index contributed by atoms with van der Waals surface area (Å²) in [6, 6.07) is 15.5. The smallest absolute Gasteiger partial charge is 0.191 e. The van der Waals surface area contributed by atoms with Gasteiger partial charge in [0.15, 0.2) is 5.96 Å². The first kappa shape index (κ1) is 21.7. The predicted octanol–water partition coefficient (Wildman–Crippen LogP) is 3.45. The van der Waals surface area contributed by atoms with Crippen LogP contribution in [-0.4, -0.2) is 25.7 Å². The molecule has 5 nitrogen and oxygen atoms in total. The Morgan fingerprint density at radius 3 is 2.58 bits per heavy atom. The van der Waals surface area contributed by atoms with Crippen LogP contribution in [0.2, 0.25) is 0 Å². The number of ether oxygens (including phenoxy) is 1. The zero-order valence-corrected chi connectivity index (χ0v) is 17.0. The van der Waals surface area contributed by atoms with Crippen LogP contribution in [0.1, 0.15) is 18.1 Å². The molecule has 2 rings (SSSR count). The summed E-state index contributed by atoms with van der Waals surface area (Å²) in [7, 11) is 1.69. The van der Waals surface area contributed by atoms with E-state index < -0.39 is 0 Å². The van der Waals surface area contributed by atoms with Gasteiger partial charge in [-0.3, -0.25) is 4.99 Å². The average Bonchev–Trinajstić information content (AvgIpc) is 2.62. The van der Waals surface area contributed by atoms with Crippen LogP contribution in [0.5, 0.6) is 5.75 Å². The van der Waals surface area contributed by atoms with Crippen LogP contribution in [0.4, 0.5) is 4.39 Å². The molecule has 0 aromatic heterocycles. The van der Waals surface area contributed by atoms with Crippen molar-refractivity contribution < 1.29 is 9.13 Å². The number of rotatable bonds is 6. The van der Waals surface area contributed by atoms with Gasteiger partial charge in [0.1, 0.15) is 17.7 Å². The maximum atomic E-state index is 13.2. The highest BCUT2D eigenvalue weighted by Crippen LogP contribution is 2.13. The molecule has 0 heterocycles. The largest absolute Gasteiger partial charge is 0.489 e. The lowest BCUT2D eigenvalue weighted by molar-refractivity contribution is 0.223. The molecule has 7 heteroatoms. The molecule has 26 heavy (non-hydrogen) atoms. The second-order valence-electron chi connectivity index (χ2n) is 5.50. The molecule has 0 bridgehead atoms. The van der Waals surface area contributed by atoms with E-state index in [1.807, 2.05) is 19.1 Å². The highest BCUT2D eigenvalue weighted by Gasteiger charge is 2.06. The molecule has 0 aliphatic rings. The predicted molar refractivity (Wildman–Crippen MR) is 111 cm³/mol. The van der Waals surface area contributed by atoms with Crippen molar-refractivity contribution in [2.24, 2.45) is 4.99 Å². The first-order chi connectivity index (χ1) is 12.1. The third kappa shape index (κ3) is 7.27. The summed E-state index contributed by atoms with van der Waals surface area (Å²) >= 11 is 0. The number of benzene rings is 2. The zero-order valence-electron chi connectivity index (χ0n) is 14.7.